The zero-order valence-corrected chi connectivity index (χ0v) is 12.3. The third-order valence-electron chi connectivity index (χ3n) is 3.52. The molecule has 3 rings (SSSR count). The Balaban J connectivity index is 2.02. The van der Waals surface area contributed by atoms with Crippen LogP contribution in [0.25, 0.3) is 0 Å². The van der Waals surface area contributed by atoms with Gasteiger partial charge in [-0.2, -0.15) is 0 Å². The highest BCUT2D eigenvalue weighted by Crippen LogP contribution is 2.32. The number of fused-ring (bicyclic) bond motifs is 1. The van der Waals surface area contributed by atoms with Gasteiger partial charge in [0.25, 0.3) is 0 Å². The summed E-state index contributed by atoms with van der Waals surface area (Å²) in [5.41, 5.74) is 10.1. The second-order valence-electron chi connectivity index (χ2n) is 4.77. The minimum atomic E-state index is 0.128. The van der Waals surface area contributed by atoms with E-state index in [2.05, 4.69) is 38.1 Å². The molecule has 0 radical (unpaired) electrons. The van der Waals surface area contributed by atoms with Gasteiger partial charge >= 0.3 is 0 Å². The van der Waals surface area contributed by atoms with E-state index in [4.69, 9.17) is 10.9 Å². The van der Waals surface area contributed by atoms with E-state index in [0.717, 1.165) is 28.8 Å². The number of anilines is 1. The van der Waals surface area contributed by atoms with E-state index in [9.17, 15) is 0 Å². The molecule has 20 heavy (non-hydrogen) atoms. The molecule has 4 nitrogen and oxygen atoms in total. The molecule has 0 aromatic heterocycles. The first-order valence-corrected chi connectivity index (χ1v) is 7.07. The predicted molar refractivity (Wildman–Crippen MR) is 83.0 cm³/mol. The normalized spacial score (nSPS) is 14.4. The number of halogens is 1. The fourth-order valence-corrected chi connectivity index (χ4v) is 2.89. The van der Waals surface area contributed by atoms with Gasteiger partial charge in [0, 0.05) is 28.8 Å². The van der Waals surface area contributed by atoms with Gasteiger partial charge < -0.3 is 15.8 Å². The van der Waals surface area contributed by atoms with E-state index in [0.29, 0.717) is 0 Å². The van der Waals surface area contributed by atoms with Crippen molar-refractivity contribution in [2.24, 2.45) is 10.9 Å². The lowest BCUT2D eigenvalue weighted by Gasteiger charge is -2.21. The Hall–Kier alpha value is -2.01. The summed E-state index contributed by atoms with van der Waals surface area (Å²) in [5, 5.41) is 12.1. The number of hydrogen-bond acceptors (Lipinski definition) is 3. The van der Waals surface area contributed by atoms with E-state index >= 15 is 0 Å². The number of benzene rings is 2. The molecule has 0 atom stereocenters. The minimum absolute atomic E-state index is 0.128. The van der Waals surface area contributed by atoms with Crippen LogP contribution in [-0.2, 0) is 13.1 Å². The SMILES string of the molecule is N/C(=N/O)c1ccc(Br)cc1N1Cc2ccccc2C1. The van der Waals surface area contributed by atoms with Gasteiger partial charge in [0.2, 0.25) is 0 Å². The standard InChI is InChI=1S/C15H14BrN3O/c16-12-5-6-13(15(17)18-20)14(7-12)19-8-10-3-1-2-4-11(10)9-19/h1-7,20H,8-9H2,(H2,17,18). The number of hydrogen-bond donors (Lipinski definition) is 2. The molecule has 0 bridgehead atoms. The first-order chi connectivity index (χ1) is 9.69. The molecule has 0 spiro atoms. The molecular formula is C15H14BrN3O. The first kappa shape index (κ1) is 13.0. The van der Waals surface area contributed by atoms with Gasteiger partial charge in [-0.3, -0.25) is 0 Å². The van der Waals surface area contributed by atoms with Crippen LogP contribution in [-0.4, -0.2) is 11.0 Å². The molecule has 0 saturated carbocycles. The molecule has 0 saturated heterocycles. The van der Waals surface area contributed by atoms with Crippen LogP contribution in [0.5, 0.6) is 0 Å². The van der Waals surface area contributed by atoms with Crippen LogP contribution >= 0.6 is 15.9 Å². The Morgan fingerprint density at radius 2 is 1.80 bits per heavy atom. The number of nitrogens with zero attached hydrogens (tertiary/aromatic N) is 2. The smallest absolute Gasteiger partial charge is 0.172 e. The summed E-state index contributed by atoms with van der Waals surface area (Å²) in [4.78, 5) is 2.22. The van der Waals surface area contributed by atoms with Crippen molar-refractivity contribution >= 4 is 27.5 Å². The quantitative estimate of drug-likeness (QED) is 0.385. The van der Waals surface area contributed by atoms with Gasteiger partial charge in [0.15, 0.2) is 5.84 Å². The van der Waals surface area contributed by atoms with E-state index in [1.54, 1.807) is 0 Å². The third-order valence-corrected chi connectivity index (χ3v) is 4.02. The molecule has 0 aliphatic carbocycles. The lowest BCUT2D eigenvalue weighted by Crippen LogP contribution is -2.21. The van der Waals surface area contributed by atoms with Gasteiger partial charge in [-0.05, 0) is 29.3 Å². The highest BCUT2D eigenvalue weighted by Gasteiger charge is 2.22. The average Bonchev–Trinajstić information content (AvgIpc) is 2.90. The van der Waals surface area contributed by atoms with Gasteiger partial charge in [-0.1, -0.05) is 45.4 Å². The van der Waals surface area contributed by atoms with Crippen molar-refractivity contribution in [3.63, 3.8) is 0 Å². The predicted octanol–water partition coefficient (Wildman–Crippen LogP) is 3.06. The fourth-order valence-electron chi connectivity index (χ4n) is 2.54. The van der Waals surface area contributed by atoms with Gasteiger partial charge in [0.1, 0.15) is 0 Å². The van der Waals surface area contributed by atoms with E-state index in [-0.39, 0.29) is 5.84 Å². The van der Waals surface area contributed by atoms with E-state index < -0.39 is 0 Å². The van der Waals surface area contributed by atoms with Crippen molar-refractivity contribution < 1.29 is 5.21 Å². The molecule has 1 aliphatic rings. The molecule has 0 amide bonds. The highest BCUT2D eigenvalue weighted by atomic mass is 79.9. The zero-order valence-electron chi connectivity index (χ0n) is 10.8. The molecule has 1 heterocycles. The maximum atomic E-state index is 8.93. The van der Waals surface area contributed by atoms with Gasteiger partial charge in [-0.25, -0.2) is 0 Å². The first-order valence-electron chi connectivity index (χ1n) is 6.28. The number of amidine groups is 1. The van der Waals surface area contributed by atoms with Crippen molar-refractivity contribution in [3.05, 3.63) is 63.6 Å². The minimum Gasteiger partial charge on any atom is -0.409 e. The van der Waals surface area contributed by atoms with Crippen molar-refractivity contribution in [2.75, 3.05) is 4.90 Å². The second-order valence-corrected chi connectivity index (χ2v) is 5.69. The Morgan fingerprint density at radius 3 is 2.40 bits per heavy atom. The molecular weight excluding hydrogens is 318 g/mol. The lowest BCUT2D eigenvalue weighted by atomic mass is 10.1. The lowest BCUT2D eigenvalue weighted by molar-refractivity contribution is 0.318. The van der Waals surface area contributed by atoms with E-state index in [1.165, 1.54) is 11.1 Å². The topological polar surface area (TPSA) is 61.9 Å². The molecule has 2 aromatic carbocycles. The van der Waals surface area contributed by atoms with Crippen molar-refractivity contribution in [1.82, 2.24) is 0 Å². The number of oxime groups is 1. The molecule has 3 N–H and O–H groups in total. The Bertz CT molecular complexity index is 660. The van der Waals surface area contributed by atoms with Crippen LogP contribution in [0.1, 0.15) is 16.7 Å². The Labute approximate surface area is 125 Å². The van der Waals surface area contributed by atoms with Gasteiger partial charge in [-0.15, -0.1) is 0 Å². The summed E-state index contributed by atoms with van der Waals surface area (Å²) in [6.07, 6.45) is 0. The monoisotopic (exact) mass is 331 g/mol. The maximum Gasteiger partial charge on any atom is 0.172 e. The summed E-state index contributed by atoms with van der Waals surface area (Å²) >= 11 is 3.48. The number of nitrogens with two attached hydrogens (primary N) is 1. The summed E-state index contributed by atoms with van der Waals surface area (Å²) in [6.45, 7) is 1.66. The van der Waals surface area contributed by atoms with Crippen LogP contribution < -0.4 is 10.6 Å². The third kappa shape index (κ3) is 2.25. The molecule has 0 unspecified atom stereocenters. The van der Waals surface area contributed by atoms with Crippen molar-refractivity contribution in [2.45, 2.75) is 13.1 Å². The number of rotatable bonds is 2. The summed E-state index contributed by atoms with van der Waals surface area (Å²) < 4.78 is 0.970. The van der Waals surface area contributed by atoms with Crippen LogP contribution in [0, 0.1) is 0 Å². The van der Waals surface area contributed by atoms with Crippen LogP contribution in [0.2, 0.25) is 0 Å². The fraction of sp³-hybridized carbons (Fsp3) is 0.133. The molecule has 1 aliphatic heterocycles. The summed E-state index contributed by atoms with van der Waals surface area (Å²) in [6, 6.07) is 14.1. The molecule has 2 aromatic rings. The molecule has 102 valence electrons. The highest BCUT2D eigenvalue weighted by molar-refractivity contribution is 9.10. The summed E-state index contributed by atoms with van der Waals surface area (Å²) in [5.74, 6) is 0.128. The Kier molecular flexibility index (Phi) is 3.36. The largest absolute Gasteiger partial charge is 0.409 e. The maximum absolute atomic E-state index is 8.93. The zero-order chi connectivity index (χ0) is 14.1. The van der Waals surface area contributed by atoms with Crippen LogP contribution in [0.15, 0.2) is 52.1 Å². The molecule has 5 heteroatoms. The second kappa shape index (κ2) is 5.17. The average molecular weight is 332 g/mol. The molecule has 0 fully saturated rings. The van der Waals surface area contributed by atoms with Gasteiger partial charge in [0.05, 0.1) is 0 Å². The van der Waals surface area contributed by atoms with Crippen molar-refractivity contribution in [3.8, 4) is 0 Å². The van der Waals surface area contributed by atoms with Crippen molar-refractivity contribution in [1.29, 1.82) is 0 Å². The summed E-state index contributed by atoms with van der Waals surface area (Å²) in [7, 11) is 0. The Morgan fingerprint density at radius 1 is 1.15 bits per heavy atom. The van der Waals surface area contributed by atoms with E-state index in [1.807, 2.05) is 30.3 Å². The van der Waals surface area contributed by atoms with Crippen LogP contribution in [0.3, 0.4) is 0 Å². The van der Waals surface area contributed by atoms with Crippen LogP contribution in [0.4, 0.5) is 5.69 Å².